The molecule has 0 N–H and O–H groups in total. The van der Waals surface area contributed by atoms with E-state index in [9.17, 15) is 10.1 Å². The van der Waals surface area contributed by atoms with E-state index >= 15 is 0 Å². The van der Waals surface area contributed by atoms with Gasteiger partial charge in [0.1, 0.15) is 11.9 Å². The number of piperazine rings is 1. The summed E-state index contributed by atoms with van der Waals surface area (Å²) in [5, 5.41) is 14.1. The minimum Gasteiger partial charge on any atom is -0.370 e. The van der Waals surface area contributed by atoms with Crippen LogP contribution in [0.5, 0.6) is 0 Å². The molecule has 0 bridgehead atoms. The Hall–Kier alpha value is -2.43. The SMILES string of the molecule is CC[C@@H]1CN(c2nc(C3CC3)c3c(c2C#N)CC(C)(C)OC3)CCN1C(=O)c1ccsc1. The third kappa shape index (κ3) is 3.80. The van der Waals surface area contributed by atoms with Crippen LogP contribution in [0.25, 0.3) is 0 Å². The number of hydrogen-bond acceptors (Lipinski definition) is 6. The molecule has 4 heterocycles. The topological polar surface area (TPSA) is 69.5 Å². The van der Waals surface area contributed by atoms with Crippen molar-refractivity contribution in [3.63, 3.8) is 0 Å². The number of carbonyl (C=O) groups is 1. The van der Waals surface area contributed by atoms with E-state index in [0.717, 1.165) is 53.9 Å². The molecule has 0 aromatic carbocycles. The molecule has 2 fully saturated rings. The van der Waals surface area contributed by atoms with Gasteiger partial charge >= 0.3 is 0 Å². The normalized spacial score (nSPS) is 22.4. The molecule has 32 heavy (non-hydrogen) atoms. The van der Waals surface area contributed by atoms with Gasteiger partial charge in [-0.25, -0.2) is 4.98 Å². The van der Waals surface area contributed by atoms with Crippen molar-refractivity contribution in [2.75, 3.05) is 24.5 Å². The summed E-state index contributed by atoms with van der Waals surface area (Å²) in [5.74, 6) is 1.41. The first-order chi connectivity index (χ1) is 15.4. The Labute approximate surface area is 193 Å². The van der Waals surface area contributed by atoms with Crippen LogP contribution in [0.2, 0.25) is 0 Å². The molecule has 6 nitrogen and oxygen atoms in total. The number of amides is 1. The second-order valence-electron chi connectivity index (χ2n) is 9.78. The Morgan fingerprint density at radius 1 is 1.34 bits per heavy atom. The number of fused-ring (bicyclic) bond motifs is 1. The van der Waals surface area contributed by atoms with Crippen molar-refractivity contribution in [3.05, 3.63) is 44.8 Å². The number of hydrogen-bond donors (Lipinski definition) is 0. The van der Waals surface area contributed by atoms with Crippen LogP contribution in [-0.4, -0.2) is 47.1 Å². The summed E-state index contributed by atoms with van der Waals surface area (Å²) in [6, 6.07) is 4.50. The molecule has 168 valence electrons. The summed E-state index contributed by atoms with van der Waals surface area (Å²) in [4.78, 5) is 22.4. The van der Waals surface area contributed by atoms with E-state index in [1.807, 2.05) is 21.7 Å². The van der Waals surface area contributed by atoms with Crippen LogP contribution in [0.15, 0.2) is 16.8 Å². The fraction of sp³-hybridized carbons (Fsp3) is 0.560. The van der Waals surface area contributed by atoms with Gasteiger partial charge in [0.05, 0.1) is 29.0 Å². The molecule has 7 heteroatoms. The van der Waals surface area contributed by atoms with Crippen LogP contribution in [0.3, 0.4) is 0 Å². The number of pyridine rings is 1. The maximum Gasteiger partial charge on any atom is 0.255 e. The first kappa shape index (κ1) is 21.4. The highest BCUT2D eigenvalue weighted by atomic mass is 32.1. The second-order valence-corrected chi connectivity index (χ2v) is 10.6. The maximum absolute atomic E-state index is 13.0. The van der Waals surface area contributed by atoms with Crippen LogP contribution < -0.4 is 4.90 Å². The summed E-state index contributed by atoms with van der Waals surface area (Å²) in [6.45, 7) is 8.89. The van der Waals surface area contributed by atoms with Crippen molar-refractivity contribution in [2.24, 2.45) is 0 Å². The van der Waals surface area contributed by atoms with E-state index in [0.29, 0.717) is 37.7 Å². The van der Waals surface area contributed by atoms with Crippen LogP contribution in [0, 0.1) is 11.3 Å². The van der Waals surface area contributed by atoms with Gasteiger partial charge in [-0.05, 0) is 50.1 Å². The lowest BCUT2D eigenvalue weighted by Crippen LogP contribution is -2.55. The van der Waals surface area contributed by atoms with Crippen molar-refractivity contribution in [1.29, 1.82) is 5.26 Å². The Morgan fingerprint density at radius 3 is 2.81 bits per heavy atom. The largest absolute Gasteiger partial charge is 0.370 e. The van der Waals surface area contributed by atoms with E-state index in [1.165, 1.54) is 0 Å². The predicted molar refractivity (Wildman–Crippen MR) is 125 cm³/mol. The summed E-state index contributed by atoms with van der Waals surface area (Å²) >= 11 is 1.55. The molecule has 3 aliphatic rings. The van der Waals surface area contributed by atoms with E-state index in [1.54, 1.807) is 11.3 Å². The number of aromatic nitrogens is 1. The van der Waals surface area contributed by atoms with Gasteiger partial charge < -0.3 is 14.5 Å². The zero-order valence-corrected chi connectivity index (χ0v) is 19.9. The molecule has 1 amide bonds. The van der Waals surface area contributed by atoms with Crippen molar-refractivity contribution in [1.82, 2.24) is 9.88 Å². The highest BCUT2D eigenvalue weighted by Gasteiger charge is 2.38. The van der Waals surface area contributed by atoms with Crippen LogP contribution in [-0.2, 0) is 17.8 Å². The lowest BCUT2D eigenvalue weighted by molar-refractivity contribution is -0.0407. The monoisotopic (exact) mass is 450 g/mol. The van der Waals surface area contributed by atoms with Crippen molar-refractivity contribution < 1.29 is 9.53 Å². The Balaban J connectivity index is 1.49. The fourth-order valence-corrected chi connectivity index (χ4v) is 5.67. The second kappa shape index (κ2) is 8.17. The molecule has 2 aromatic heterocycles. The number of anilines is 1. The smallest absolute Gasteiger partial charge is 0.255 e. The van der Waals surface area contributed by atoms with E-state index in [-0.39, 0.29) is 17.6 Å². The molecule has 0 radical (unpaired) electrons. The molecule has 0 unspecified atom stereocenters. The maximum atomic E-state index is 13.0. The number of nitriles is 1. The van der Waals surface area contributed by atoms with E-state index < -0.39 is 0 Å². The molecule has 1 atom stereocenters. The zero-order chi connectivity index (χ0) is 22.5. The standard InChI is InChI=1S/C25H30N4O2S/c1-4-18-13-28(8-9-29(18)24(30)17-7-10-32-15-17)23-20(12-26)19-11-25(2,3)31-14-21(19)22(27-23)16-5-6-16/h7,10,15-16,18H,4-6,8-9,11,13-14H2,1-3H3/t18-/m1/s1. The molecule has 1 aliphatic carbocycles. The summed E-state index contributed by atoms with van der Waals surface area (Å²) in [6.07, 6.45) is 3.92. The van der Waals surface area contributed by atoms with Crippen molar-refractivity contribution in [2.45, 2.75) is 70.6 Å². The van der Waals surface area contributed by atoms with Gasteiger partial charge in [0.15, 0.2) is 0 Å². The van der Waals surface area contributed by atoms with Gasteiger partial charge in [0, 0.05) is 49.0 Å². The van der Waals surface area contributed by atoms with Gasteiger partial charge in [0.25, 0.3) is 5.91 Å². The van der Waals surface area contributed by atoms with Crippen LogP contribution in [0.1, 0.15) is 78.7 Å². The first-order valence-corrected chi connectivity index (χ1v) is 12.5. The molecule has 5 rings (SSSR count). The Kier molecular flexibility index (Phi) is 5.47. The summed E-state index contributed by atoms with van der Waals surface area (Å²) in [7, 11) is 0. The number of carbonyl (C=O) groups excluding carboxylic acids is 1. The molecule has 0 spiro atoms. The molecule has 2 aliphatic heterocycles. The van der Waals surface area contributed by atoms with E-state index in [2.05, 4.69) is 31.7 Å². The third-order valence-electron chi connectivity index (χ3n) is 6.99. The van der Waals surface area contributed by atoms with Gasteiger partial charge in [-0.3, -0.25) is 4.79 Å². The van der Waals surface area contributed by atoms with Gasteiger partial charge in [-0.2, -0.15) is 16.6 Å². The molecule has 2 aromatic rings. The number of thiophene rings is 1. The summed E-state index contributed by atoms with van der Waals surface area (Å²) in [5.41, 5.74) is 4.59. The third-order valence-corrected chi connectivity index (χ3v) is 7.68. The molecule has 1 saturated heterocycles. The molecular weight excluding hydrogens is 420 g/mol. The number of ether oxygens (including phenoxy) is 1. The molecular formula is C25H30N4O2S. The average molecular weight is 451 g/mol. The minimum absolute atomic E-state index is 0.102. The average Bonchev–Trinajstić information content (AvgIpc) is 3.49. The number of rotatable bonds is 4. The highest BCUT2D eigenvalue weighted by molar-refractivity contribution is 7.08. The number of nitrogens with zero attached hydrogens (tertiary/aromatic N) is 4. The zero-order valence-electron chi connectivity index (χ0n) is 19.1. The summed E-state index contributed by atoms with van der Waals surface area (Å²) < 4.78 is 6.10. The van der Waals surface area contributed by atoms with Gasteiger partial charge in [-0.15, -0.1) is 0 Å². The van der Waals surface area contributed by atoms with Crippen molar-refractivity contribution in [3.8, 4) is 6.07 Å². The van der Waals surface area contributed by atoms with Crippen molar-refractivity contribution >= 4 is 23.1 Å². The lowest BCUT2D eigenvalue weighted by atomic mass is 9.87. The minimum atomic E-state index is -0.282. The van der Waals surface area contributed by atoms with Crippen LogP contribution >= 0.6 is 11.3 Å². The lowest BCUT2D eigenvalue weighted by Gasteiger charge is -2.42. The highest BCUT2D eigenvalue weighted by Crippen LogP contribution is 2.45. The Morgan fingerprint density at radius 2 is 2.16 bits per heavy atom. The Bertz CT molecular complexity index is 1070. The van der Waals surface area contributed by atoms with E-state index in [4.69, 9.17) is 9.72 Å². The van der Waals surface area contributed by atoms with Gasteiger partial charge in [-0.1, -0.05) is 6.92 Å². The quantitative estimate of drug-likeness (QED) is 0.687. The molecule has 1 saturated carbocycles. The predicted octanol–water partition coefficient (Wildman–Crippen LogP) is 4.48. The fourth-order valence-electron chi connectivity index (χ4n) is 5.04. The van der Waals surface area contributed by atoms with Crippen LogP contribution in [0.4, 0.5) is 5.82 Å². The first-order valence-electron chi connectivity index (χ1n) is 11.6. The van der Waals surface area contributed by atoms with Gasteiger partial charge in [0.2, 0.25) is 0 Å².